The molecule has 1 N–H and O–H groups in total. The van der Waals surface area contributed by atoms with Crippen LogP contribution in [0.15, 0.2) is 42.5 Å². The number of nitrogens with zero attached hydrogens (tertiary/aromatic N) is 4. The number of nitro benzene ring substituents is 1. The van der Waals surface area contributed by atoms with Crippen molar-refractivity contribution < 1.29 is 9.72 Å². The molecule has 9 heteroatoms. The van der Waals surface area contributed by atoms with Crippen LogP contribution in [0.1, 0.15) is 15.5 Å². The number of para-hydroxylation sites is 1. The highest BCUT2D eigenvalue weighted by Gasteiger charge is 2.21. The Labute approximate surface area is 151 Å². The molecule has 130 valence electrons. The lowest BCUT2D eigenvalue weighted by molar-refractivity contribution is -0.384. The highest BCUT2D eigenvalue weighted by Crippen LogP contribution is 2.25. The summed E-state index contributed by atoms with van der Waals surface area (Å²) >= 11 is 1.53. The van der Waals surface area contributed by atoms with Crippen LogP contribution in [0.3, 0.4) is 0 Å². The third-order valence-electron chi connectivity index (χ3n) is 4.02. The molecule has 0 unspecified atom stereocenters. The molecule has 8 nitrogen and oxygen atoms in total. The van der Waals surface area contributed by atoms with E-state index in [-0.39, 0.29) is 17.3 Å². The van der Waals surface area contributed by atoms with Crippen molar-refractivity contribution in [3.05, 3.63) is 63.3 Å². The summed E-state index contributed by atoms with van der Waals surface area (Å²) in [6.45, 7) is 0.335. The number of thiazole rings is 1. The monoisotopic (exact) mass is 367 g/mol. The van der Waals surface area contributed by atoms with Crippen molar-refractivity contribution in [3.8, 4) is 0 Å². The summed E-state index contributed by atoms with van der Waals surface area (Å²) in [6.07, 6.45) is 0. The van der Waals surface area contributed by atoms with E-state index in [1.165, 1.54) is 28.4 Å². The SMILES string of the molecule is CN(Cc1nc2ccccc2s1)C(=O)c1n[nH]c2ccc([N+](=O)[O-])cc12. The van der Waals surface area contributed by atoms with E-state index < -0.39 is 4.92 Å². The summed E-state index contributed by atoms with van der Waals surface area (Å²) in [5.41, 5.74) is 1.55. The maximum Gasteiger partial charge on any atom is 0.275 e. The first-order chi connectivity index (χ1) is 12.5. The van der Waals surface area contributed by atoms with Crippen LogP contribution in [-0.2, 0) is 6.54 Å². The third kappa shape index (κ3) is 2.78. The van der Waals surface area contributed by atoms with Gasteiger partial charge in [-0.3, -0.25) is 20.0 Å². The molecule has 4 rings (SSSR count). The molecular formula is C17H13N5O3S. The van der Waals surface area contributed by atoms with Gasteiger partial charge in [0.05, 0.1) is 27.2 Å². The number of carbonyl (C=O) groups excluding carboxylic acids is 1. The van der Waals surface area contributed by atoms with Crippen molar-refractivity contribution in [1.82, 2.24) is 20.1 Å². The van der Waals surface area contributed by atoms with Crippen LogP contribution < -0.4 is 0 Å². The predicted molar refractivity (Wildman–Crippen MR) is 98.2 cm³/mol. The normalized spacial score (nSPS) is 11.1. The zero-order valence-corrected chi connectivity index (χ0v) is 14.5. The molecule has 0 fully saturated rings. The Balaban J connectivity index is 1.63. The molecule has 0 aliphatic rings. The number of amides is 1. The van der Waals surface area contributed by atoms with Gasteiger partial charge in [0.2, 0.25) is 0 Å². The number of non-ortho nitro benzene ring substituents is 1. The van der Waals surface area contributed by atoms with Crippen LogP contribution in [0.5, 0.6) is 0 Å². The van der Waals surface area contributed by atoms with Crippen molar-refractivity contribution in [3.63, 3.8) is 0 Å². The van der Waals surface area contributed by atoms with Crippen molar-refractivity contribution in [2.75, 3.05) is 7.05 Å². The number of aromatic amines is 1. The number of fused-ring (bicyclic) bond motifs is 2. The topological polar surface area (TPSA) is 105 Å². The van der Waals surface area contributed by atoms with E-state index in [0.717, 1.165) is 15.2 Å². The molecule has 26 heavy (non-hydrogen) atoms. The van der Waals surface area contributed by atoms with Crippen LogP contribution >= 0.6 is 11.3 Å². The maximum atomic E-state index is 12.8. The third-order valence-corrected chi connectivity index (χ3v) is 5.04. The van der Waals surface area contributed by atoms with Gasteiger partial charge in [-0.25, -0.2) is 4.98 Å². The molecule has 4 aromatic rings. The minimum absolute atomic E-state index is 0.0817. The molecule has 0 radical (unpaired) electrons. The van der Waals surface area contributed by atoms with Gasteiger partial charge >= 0.3 is 0 Å². The zero-order valence-electron chi connectivity index (χ0n) is 13.7. The van der Waals surface area contributed by atoms with Crippen LogP contribution in [0.25, 0.3) is 21.1 Å². The van der Waals surface area contributed by atoms with Crippen molar-refractivity contribution >= 4 is 44.1 Å². The van der Waals surface area contributed by atoms with Crippen molar-refractivity contribution in [2.45, 2.75) is 6.54 Å². The van der Waals surface area contributed by atoms with Gasteiger partial charge in [-0.2, -0.15) is 5.10 Å². The van der Waals surface area contributed by atoms with Crippen LogP contribution in [0, 0.1) is 10.1 Å². The fraction of sp³-hybridized carbons (Fsp3) is 0.118. The summed E-state index contributed by atoms with van der Waals surface area (Å²) in [5.74, 6) is -0.323. The molecule has 0 aliphatic carbocycles. The van der Waals surface area contributed by atoms with Crippen molar-refractivity contribution in [2.24, 2.45) is 0 Å². The van der Waals surface area contributed by atoms with E-state index in [2.05, 4.69) is 15.2 Å². The summed E-state index contributed by atoms with van der Waals surface area (Å²) < 4.78 is 1.06. The number of rotatable bonds is 4. The van der Waals surface area contributed by atoms with Crippen molar-refractivity contribution in [1.29, 1.82) is 0 Å². The molecule has 0 bridgehead atoms. The second kappa shape index (κ2) is 6.19. The van der Waals surface area contributed by atoms with Gasteiger partial charge in [0.25, 0.3) is 11.6 Å². The fourth-order valence-corrected chi connectivity index (χ4v) is 3.74. The minimum atomic E-state index is -0.495. The van der Waals surface area contributed by atoms with E-state index in [9.17, 15) is 14.9 Å². The maximum absolute atomic E-state index is 12.8. The number of nitrogens with one attached hydrogen (secondary N) is 1. The number of H-pyrrole nitrogens is 1. The number of aromatic nitrogens is 3. The van der Waals surface area contributed by atoms with Gasteiger partial charge in [-0.15, -0.1) is 11.3 Å². The largest absolute Gasteiger partial charge is 0.334 e. The first-order valence-corrected chi connectivity index (χ1v) is 8.57. The van der Waals surface area contributed by atoms with Gasteiger partial charge in [-0.1, -0.05) is 12.1 Å². The lowest BCUT2D eigenvalue weighted by atomic mass is 10.2. The minimum Gasteiger partial charge on any atom is -0.334 e. The molecule has 0 saturated heterocycles. The molecule has 2 aromatic carbocycles. The molecule has 1 amide bonds. The number of nitro groups is 1. The Hall–Kier alpha value is -3.33. The fourth-order valence-electron chi connectivity index (χ4n) is 2.72. The molecule has 0 atom stereocenters. The zero-order chi connectivity index (χ0) is 18.3. The lowest BCUT2D eigenvalue weighted by Gasteiger charge is -2.14. The van der Waals surface area contributed by atoms with E-state index in [1.54, 1.807) is 13.1 Å². The second-order valence-corrected chi connectivity index (χ2v) is 6.91. The number of hydrogen-bond donors (Lipinski definition) is 1. The summed E-state index contributed by atoms with van der Waals surface area (Å²) in [7, 11) is 1.66. The Morgan fingerprint density at radius 2 is 2.12 bits per heavy atom. The first kappa shape index (κ1) is 16.2. The highest BCUT2D eigenvalue weighted by molar-refractivity contribution is 7.18. The smallest absolute Gasteiger partial charge is 0.275 e. The van der Waals surface area contributed by atoms with Crippen LogP contribution in [0.2, 0.25) is 0 Å². The summed E-state index contributed by atoms with van der Waals surface area (Å²) in [4.78, 5) is 29.3. The lowest BCUT2D eigenvalue weighted by Crippen LogP contribution is -2.26. The summed E-state index contributed by atoms with van der Waals surface area (Å²) in [6, 6.07) is 12.1. The van der Waals surface area contributed by atoms with Gasteiger partial charge in [0, 0.05) is 24.6 Å². The average molecular weight is 367 g/mol. The molecule has 0 saturated carbocycles. The number of carbonyl (C=O) groups is 1. The molecular weight excluding hydrogens is 354 g/mol. The predicted octanol–water partition coefficient (Wildman–Crippen LogP) is 3.35. The Kier molecular flexibility index (Phi) is 3.85. The summed E-state index contributed by atoms with van der Waals surface area (Å²) in [5, 5.41) is 19.0. The van der Waals surface area contributed by atoms with E-state index >= 15 is 0 Å². The first-order valence-electron chi connectivity index (χ1n) is 7.75. The quantitative estimate of drug-likeness (QED) is 0.440. The van der Waals surface area contributed by atoms with Gasteiger partial charge in [0.15, 0.2) is 5.69 Å². The number of benzene rings is 2. The molecule has 0 spiro atoms. The average Bonchev–Trinajstić information content (AvgIpc) is 3.23. The number of hydrogen-bond acceptors (Lipinski definition) is 6. The van der Waals surface area contributed by atoms with Gasteiger partial charge in [-0.05, 0) is 18.2 Å². The Morgan fingerprint density at radius 3 is 2.88 bits per heavy atom. The van der Waals surface area contributed by atoms with Crippen LogP contribution in [0.4, 0.5) is 5.69 Å². The Bertz CT molecular complexity index is 1120. The van der Waals surface area contributed by atoms with E-state index in [1.807, 2.05) is 24.3 Å². The molecule has 2 heterocycles. The molecule has 2 aromatic heterocycles. The Morgan fingerprint density at radius 1 is 1.31 bits per heavy atom. The molecule has 0 aliphatic heterocycles. The second-order valence-electron chi connectivity index (χ2n) is 5.80. The highest BCUT2D eigenvalue weighted by atomic mass is 32.1. The van der Waals surface area contributed by atoms with Crippen LogP contribution in [-0.4, -0.2) is 38.0 Å². The van der Waals surface area contributed by atoms with E-state index in [0.29, 0.717) is 17.4 Å². The standard InChI is InChI=1S/C17H13N5O3S/c1-21(9-15-18-13-4-2-3-5-14(13)26-15)17(23)16-11-8-10(22(24)25)6-7-12(11)19-20-16/h2-8H,9H2,1H3,(H,19,20). The van der Waals surface area contributed by atoms with Gasteiger partial charge in [0.1, 0.15) is 5.01 Å². The van der Waals surface area contributed by atoms with Gasteiger partial charge < -0.3 is 4.90 Å². The van der Waals surface area contributed by atoms with E-state index in [4.69, 9.17) is 0 Å².